The van der Waals surface area contributed by atoms with Crippen LogP contribution in [0.3, 0.4) is 0 Å². The number of hydrogen-bond donors (Lipinski definition) is 1. The smallest absolute Gasteiger partial charge is 0.282 e. The zero-order valence-electron chi connectivity index (χ0n) is 12.2. The van der Waals surface area contributed by atoms with Gasteiger partial charge in [-0.3, -0.25) is 4.79 Å². The molecule has 0 unspecified atom stereocenters. The zero-order valence-corrected chi connectivity index (χ0v) is 13.0. The SMILES string of the molecule is COc1ccccc1-n1nc2c3cc(Cl)ccc3[nH]cc-2c1=O. The van der Waals surface area contributed by atoms with Crippen LogP contribution in [0.4, 0.5) is 0 Å². The van der Waals surface area contributed by atoms with E-state index < -0.39 is 0 Å². The van der Waals surface area contributed by atoms with Crippen molar-refractivity contribution in [3.05, 3.63) is 64.0 Å². The second-order valence-electron chi connectivity index (χ2n) is 5.13. The highest BCUT2D eigenvalue weighted by Gasteiger charge is 2.20. The minimum Gasteiger partial charge on any atom is -0.494 e. The molecular weight excluding hydrogens is 314 g/mol. The van der Waals surface area contributed by atoms with Crippen molar-refractivity contribution in [2.45, 2.75) is 0 Å². The molecule has 6 heteroatoms. The van der Waals surface area contributed by atoms with Crippen molar-refractivity contribution in [2.24, 2.45) is 0 Å². The maximum absolute atomic E-state index is 12.7. The Morgan fingerprint density at radius 3 is 2.87 bits per heavy atom. The summed E-state index contributed by atoms with van der Waals surface area (Å²) in [6.07, 6.45) is 1.67. The molecule has 0 aromatic heterocycles. The Labute approximate surface area is 136 Å². The van der Waals surface area contributed by atoms with E-state index in [2.05, 4.69) is 10.1 Å². The van der Waals surface area contributed by atoms with E-state index in [0.29, 0.717) is 27.7 Å². The summed E-state index contributed by atoms with van der Waals surface area (Å²) in [7, 11) is 1.56. The molecule has 0 radical (unpaired) electrons. The van der Waals surface area contributed by atoms with Gasteiger partial charge in [0.25, 0.3) is 5.56 Å². The van der Waals surface area contributed by atoms with E-state index in [-0.39, 0.29) is 5.56 Å². The average Bonchev–Trinajstić information content (AvgIpc) is 2.92. The third kappa shape index (κ3) is 2.09. The van der Waals surface area contributed by atoms with E-state index in [0.717, 1.165) is 10.9 Å². The topological polar surface area (TPSA) is 59.9 Å². The molecule has 2 aromatic carbocycles. The molecule has 0 saturated carbocycles. The lowest BCUT2D eigenvalue weighted by Gasteiger charge is -2.06. The van der Waals surface area contributed by atoms with Crippen LogP contribution in [0.15, 0.2) is 53.5 Å². The minimum atomic E-state index is -0.206. The number of H-pyrrole nitrogens is 1. The summed E-state index contributed by atoms with van der Waals surface area (Å²) in [5, 5.41) is 5.91. The molecule has 2 heterocycles. The van der Waals surface area contributed by atoms with Crippen molar-refractivity contribution in [2.75, 3.05) is 7.11 Å². The summed E-state index contributed by atoms with van der Waals surface area (Å²) in [6, 6.07) is 12.7. The number of nitrogens with zero attached hydrogens (tertiary/aromatic N) is 2. The lowest BCUT2D eigenvalue weighted by molar-refractivity contribution is 0.411. The molecule has 2 aliphatic heterocycles. The van der Waals surface area contributed by atoms with Crippen molar-refractivity contribution < 1.29 is 4.74 Å². The predicted octanol–water partition coefficient (Wildman–Crippen LogP) is 3.48. The molecule has 0 atom stereocenters. The molecule has 0 spiro atoms. The third-order valence-corrected chi connectivity index (χ3v) is 4.04. The van der Waals surface area contributed by atoms with Crippen molar-refractivity contribution in [1.82, 2.24) is 14.8 Å². The Morgan fingerprint density at radius 1 is 1.22 bits per heavy atom. The number of nitrogens with one attached hydrogen (secondary N) is 1. The summed E-state index contributed by atoms with van der Waals surface area (Å²) in [6.45, 7) is 0. The van der Waals surface area contributed by atoms with Crippen molar-refractivity contribution in [1.29, 1.82) is 0 Å². The van der Waals surface area contributed by atoms with Gasteiger partial charge in [-0.2, -0.15) is 9.78 Å². The first-order valence-corrected chi connectivity index (χ1v) is 7.40. The largest absolute Gasteiger partial charge is 0.494 e. The maximum Gasteiger partial charge on any atom is 0.282 e. The number of rotatable bonds is 2. The molecule has 0 aliphatic carbocycles. The van der Waals surface area contributed by atoms with Gasteiger partial charge in [-0.25, -0.2) is 0 Å². The van der Waals surface area contributed by atoms with Crippen LogP contribution in [0.2, 0.25) is 5.02 Å². The number of methoxy groups -OCH3 is 1. The van der Waals surface area contributed by atoms with Crippen LogP contribution >= 0.6 is 11.6 Å². The number of hydrogen-bond acceptors (Lipinski definition) is 3. The van der Waals surface area contributed by atoms with E-state index in [1.54, 1.807) is 37.6 Å². The molecule has 23 heavy (non-hydrogen) atoms. The molecule has 0 fully saturated rings. The van der Waals surface area contributed by atoms with Crippen LogP contribution in [-0.2, 0) is 0 Å². The monoisotopic (exact) mass is 325 g/mol. The Morgan fingerprint density at radius 2 is 2.04 bits per heavy atom. The summed E-state index contributed by atoms with van der Waals surface area (Å²) in [4.78, 5) is 15.8. The number of halogens is 1. The van der Waals surface area contributed by atoms with Crippen LogP contribution in [-0.4, -0.2) is 21.9 Å². The minimum absolute atomic E-state index is 0.206. The highest BCUT2D eigenvalue weighted by atomic mass is 35.5. The van der Waals surface area contributed by atoms with Crippen molar-refractivity contribution >= 4 is 22.5 Å². The molecule has 0 saturated heterocycles. The van der Waals surface area contributed by atoms with Crippen molar-refractivity contribution in [3.63, 3.8) is 0 Å². The quantitative estimate of drug-likeness (QED) is 0.614. The van der Waals surface area contributed by atoms with Crippen molar-refractivity contribution in [3.8, 4) is 22.7 Å². The first-order valence-electron chi connectivity index (χ1n) is 7.02. The van der Waals surface area contributed by atoms with Gasteiger partial charge in [0.15, 0.2) is 0 Å². The van der Waals surface area contributed by atoms with Crippen LogP contribution in [0.25, 0.3) is 27.8 Å². The van der Waals surface area contributed by atoms with E-state index in [1.165, 1.54) is 4.68 Å². The van der Waals surface area contributed by atoms with Gasteiger partial charge in [0.05, 0.1) is 12.7 Å². The van der Waals surface area contributed by atoms with Crippen LogP contribution in [0.1, 0.15) is 0 Å². The first-order chi connectivity index (χ1) is 11.2. The average molecular weight is 326 g/mol. The van der Waals surface area contributed by atoms with E-state index >= 15 is 0 Å². The Kier molecular flexibility index (Phi) is 3.09. The molecular formula is C17H12ClN3O2. The third-order valence-electron chi connectivity index (χ3n) is 3.80. The number of fused-ring (bicyclic) bond motifs is 3. The molecule has 1 N–H and O–H groups in total. The first kappa shape index (κ1) is 13.8. The number of benzene rings is 2. The highest BCUT2D eigenvalue weighted by molar-refractivity contribution is 6.31. The number of pyridine rings is 1. The van der Waals surface area contributed by atoms with Crippen LogP contribution in [0, 0.1) is 0 Å². The Bertz CT molecular complexity index is 1050. The number of para-hydroxylation sites is 2. The fraction of sp³-hybridized carbons (Fsp3) is 0.0588. The summed E-state index contributed by atoms with van der Waals surface area (Å²) in [5.41, 5.74) is 2.38. The normalized spacial score (nSPS) is 11.2. The van der Waals surface area contributed by atoms with E-state index in [9.17, 15) is 4.79 Å². The standard InChI is InChI=1S/C17H12ClN3O2/c1-23-15-5-3-2-4-14(15)21-17(22)12-9-19-13-7-6-10(18)8-11(13)16(12)20-21/h2-9,19H,1H3. The Hall–Kier alpha value is -2.79. The van der Waals surface area contributed by atoms with Gasteiger partial charge in [0.1, 0.15) is 17.1 Å². The molecule has 4 rings (SSSR count). The summed E-state index contributed by atoms with van der Waals surface area (Å²) >= 11 is 6.08. The van der Waals surface area contributed by atoms with Gasteiger partial charge in [-0.1, -0.05) is 23.7 Å². The second-order valence-corrected chi connectivity index (χ2v) is 5.57. The zero-order chi connectivity index (χ0) is 16.0. The molecule has 2 aliphatic rings. The van der Waals surface area contributed by atoms with Gasteiger partial charge in [0.2, 0.25) is 0 Å². The van der Waals surface area contributed by atoms with Gasteiger partial charge in [-0.05, 0) is 30.3 Å². The maximum atomic E-state index is 12.7. The number of ether oxygens (including phenoxy) is 1. The molecule has 114 valence electrons. The van der Waals surface area contributed by atoms with Crippen LogP contribution in [0.5, 0.6) is 5.75 Å². The second kappa shape index (κ2) is 5.14. The summed E-state index contributed by atoms with van der Waals surface area (Å²) in [5.74, 6) is 0.587. The van der Waals surface area contributed by atoms with E-state index in [4.69, 9.17) is 16.3 Å². The van der Waals surface area contributed by atoms with E-state index in [1.807, 2.05) is 18.2 Å². The lowest BCUT2D eigenvalue weighted by atomic mass is 10.1. The Balaban J connectivity index is 2.08. The number of aromatic nitrogens is 3. The predicted molar refractivity (Wildman–Crippen MR) is 89.9 cm³/mol. The van der Waals surface area contributed by atoms with Gasteiger partial charge >= 0.3 is 0 Å². The van der Waals surface area contributed by atoms with Crippen LogP contribution < -0.4 is 10.3 Å². The molecule has 0 amide bonds. The fourth-order valence-corrected chi connectivity index (χ4v) is 2.87. The number of aromatic amines is 1. The van der Waals surface area contributed by atoms with Gasteiger partial charge in [-0.15, -0.1) is 0 Å². The molecule has 2 aromatic rings. The van der Waals surface area contributed by atoms with Gasteiger partial charge in [0, 0.05) is 22.1 Å². The highest BCUT2D eigenvalue weighted by Crippen LogP contribution is 2.29. The lowest BCUT2D eigenvalue weighted by Crippen LogP contribution is -2.15. The molecule has 0 bridgehead atoms. The summed E-state index contributed by atoms with van der Waals surface area (Å²) < 4.78 is 6.69. The molecule has 5 nitrogen and oxygen atoms in total. The van der Waals surface area contributed by atoms with Gasteiger partial charge < -0.3 is 9.72 Å². The fourth-order valence-electron chi connectivity index (χ4n) is 2.70.